The van der Waals surface area contributed by atoms with E-state index in [0.717, 1.165) is 18.2 Å². The largest absolute Gasteiger partial charge is 0.350 e. The molecule has 0 spiro atoms. The molecule has 0 aliphatic heterocycles. The lowest BCUT2D eigenvalue weighted by Gasteiger charge is -2.32. The Morgan fingerprint density at radius 1 is 1.20 bits per heavy atom. The second kappa shape index (κ2) is 5.88. The van der Waals surface area contributed by atoms with Gasteiger partial charge in [-0.2, -0.15) is 0 Å². The monoisotopic (exact) mass is 277 g/mol. The minimum Gasteiger partial charge on any atom is -0.350 e. The molecule has 0 bridgehead atoms. The van der Waals surface area contributed by atoms with E-state index in [1.165, 1.54) is 0 Å². The standard InChI is InChI=1S/C12H24BrNO/c1-6-12(7-2,9-13)14-10(15)8-11(3,4)5/h6-9H2,1-5H3,(H,14,15). The number of amides is 1. The van der Waals surface area contributed by atoms with Gasteiger partial charge in [0.25, 0.3) is 0 Å². The van der Waals surface area contributed by atoms with Crippen LogP contribution in [0.25, 0.3) is 0 Å². The Kier molecular flexibility index (Phi) is 5.86. The summed E-state index contributed by atoms with van der Waals surface area (Å²) in [4.78, 5) is 11.8. The first kappa shape index (κ1) is 14.9. The van der Waals surface area contributed by atoms with Crippen molar-refractivity contribution in [1.29, 1.82) is 0 Å². The van der Waals surface area contributed by atoms with Gasteiger partial charge in [0, 0.05) is 17.3 Å². The molecule has 0 rings (SSSR count). The third-order valence-electron chi connectivity index (χ3n) is 2.70. The number of carbonyl (C=O) groups is 1. The highest BCUT2D eigenvalue weighted by atomic mass is 79.9. The molecule has 0 aliphatic carbocycles. The molecule has 0 radical (unpaired) electrons. The van der Waals surface area contributed by atoms with Gasteiger partial charge in [0.05, 0.1) is 0 Å². The summed E-state index contributed by atoms with van der Waals surface area (Å²) in [5.41, 5.74) is -0.00798. The molecule has 0 aromatic rings. The van der Waals surface area contributed by atoms with E-state index in [9.17, 15) is 4.79 Å². The van der Waals surface area contributed by atoms with E-state index in [1.807, 2.05) is 0 Å². The van der Waals surface area contributed by atoms with Gasteiger partial charge >= 0.3 is 0 Å². The molecule has 0 aliphatic rings. The Morgan fingerprint density at radius 2 is 1.67 bits per heavy atom. The molecule has 1 N–H and O–H groups in total. The molecule has 0 heterocycles. The molecule has 2 nitrogen and oxygen atoms in total. The lowest BCUT2D eigenvalue weighted by atomic mass is 9.90. The quantitative estimate of drug-likeness (QED) is 0.766. The lowest BCUT2D eigenvalue weighted by molar-refractivity contribution is -0.124. The van der Waals surface area contributed by atoms with Crippen LogP contribution in [-0.4, -0.2) is 16.8 Å². The number of hydrogen-bond acceptors (Lipinski definition) is 1. The van der Waals surface area contributed by atoms with Crippen molar-refractivity contribution >= 4 is 21.8 Å². The predicted octanol–water partition coefficient (Wildman–Crippen LogP) is 3.49. The second-order valence-corrected chi connectivity index (χ2v) is 5.97. The minimum atomic E-state index is -0.0671. The molecular weight excluding hydrogens is 254 g/mol. The number of rotatable bonds is 5. The van der Waals surface area contributed by atoms with Gasteiger partial charge in [0.1, 0.15) is 0 Å². The number of hydrogen-bond donors (Lipinski definition) is 1. The maximum Gasteiger partial charge on any atom is 0.220 e. The van der Waals surface area contributed by atoms with Crippen molar-refractivity contribution in [3.05, 3.63) is 0 Å². The Labute approximate surface area is 102 Å². The van der Waals surface area contributed by atoms with Crippen LogP contribution in [0.5, 0.6) is 0 Å². The van der Waals surface area contributed by atoms with Gasteiger partial charge in [0.2, 0.25) is 5.91 Å². The summed E-state index contributed by atoms with van der Waals surface area (Å²) in [6.07, 6.45) is 2.51. The Morgan fingerprint density at radius 3 is 1.93 bits per heavy atom. The van der Waals surface area contributed by atoms with Crippen LogP contribution in [0.3, 0.4) is 0 Å². The highest BCUT2D eigenvalue weighted by molar-refractivity contribution is 9.09. The lowest BCUT2D eigenvalue weighted by Crippen LogP contribution is -2.49. The first-order valence-corrected chi connectivity index (χ1v) is 6.77. The van der Waals surface area contributed by atoms with E-state index >= 15 is 0 Å². The first-order valence-electron chi connectivity index (χ1n) is 5.65. The average Bonchev–Trinajstić information content (AvgIpc) is 2.11. The summed E-state index contributed by atoms with van der Waals surface area (Å²) < 4.78 is 0. The van der Waals surface area contributed by atoms with E-state index in [1.54, 1.807) is 0 Å². The zero-order valence-corrected chi connectivity index (χ0v) is 12.2. The summed E-state index contributed by atoms with van der Waals surface area (Å²) in [6.45, 7) is 10.5. The SMILES string of the molecule is CCC(CC)(CBr)NC(=O)CC(C)(C)C. The zero-order chi connectivity index (χ0) is 12.1. The minimum absolute atomic E-state index is 0.0591. The smallest absolute Gasteiger partial charge is 0.220 e. The van der Waals surface area contributed by atoms with E-state index in [-0.39, 0.29) is 16.9 Å². The van der Waals surface area contributed by atoms with Gasteiger partial charge in [-0.25, -0.2) is 0 Å². The van der Waals surface area contributed by atoms with Crippen molar-refractivity contribution in [2.75, 3.05) is 5.33 Å². The van der Waals surface area contributed by atoms with Crippen molar-refractivity contribution in [3.8, 4) is 0 Å². The molecule has 0 atom stereocenters. The first-order chi connectivity index (χ1) is 6.78. The number of nitrogens with one attached hydrogen (secondary N) is 1. The molecule has 0 fully saturated rings. The molecule has 0 aromatic carbocycles. The van der Waals surface area contributed by atoms with E-state index in [2.05, 4.69) is 55.9 Å². The van der Waals surface area contributed by atoms with E-state index < -0.39 is 0 Å². The number of halogens is 1. The van der Waals surface area contributed by atoms with Crippen LogP contribution in [0.2, 0.25) is 0 Å². The van der Waals surface area contributed by atoms with Crippen molar-refractivity contribution in [2.45, 2.75) is 59.4 Å². The maximum atomic E-state index is 11.8. The van der Waals surface area contributed by atoms with Crippen LogP contribution < -0.4 is 5.32 Å². The van der Waals surface area contributed by atoms with Gasteiger partial charge in [-0.3, -0.25) is 4.79 Å². The molecular formula is C12H24BrNO. The molecule has 15 heavy (non-hydrogen) atoms. The van der Waals surface area contributed by atoms with Crippen LogP contribution in [-0.2, 0) is 4.79 Å². The van der Waals surface area contributed by atoms with Crippen LogP contribution in [0.4, 0.5) is 0 Å². The van der Waals surface area contributed by atoms with Gasteiger partial charge < -0.3 is 5.32 Å². The Balaban J connectivity index is 4.36. The number of carbonyl (C=O) groups excluding carboxylic acids is 1. The van der Waals surface area contributed by atoms with Crippen molar-refractivity contribution < 1.29 is 4.79 Å². The van der Waals surface area contributed by atoms with Gasteiger partial charge in [0.15, 0.2) is 0 Å². The van der Waals surface area contributed by atoms with Gasteiger partial charge in [-0.15, -0.1) is 0 Å². The Hall–Kier alpha value is -0.0500. The molecule has 1 amide bonds. The topological polar surface area (TPSA) is 29.1 Å². The van der Waals surface area contributed by atoms with Crippen LogP contribution in [0, 0.1) is 5.41 Å². The van der Waals surface area contributed by atoms with Crippen molar-refractivity contribution in [2.24, 2.45) is 5.41 Å². The zero-order valence-electron chi connectivity index (χ0n) is 10.6. The highest BCUT2D eigenvalue weighted by Gasteiger charge is 2.28. The van der Waals surface area contributed by atoms with Crippen LogP contribution in [0.1, 0.15) is 53.9 Å². The molecule has 3 heteroatoms. The van der Waals surface area contributed by atoms with Crippen molar-refractivity contribution in [3.63, 3.8) is 0 Å². The fraction of sp³-hybridized carbons (Fsp3) is 0.917. The summed E-state index contributed by atoms with van der Waals surface area (Å²) in [6, 6.07) is 0. The summed E-state index contributed by atoms with van der Waals surface area (Å²) >= 11 is 3.49. The van der Waals surface area contributed by atoms with Gasteiger partial charge in [-0.1, -0.05) is 50.5 Å². The summed E-state index contributed by atoms with van der Waals surface area (Å²) in [5, 5.41) is 3.97. The fourth-order valence-corrected chi connectivity index (χ4v) is 2.40. The Bertz CT molecular complexity index is 196. The van der Waals surface area contributed by atoms with E-state index in [0.29, 0.717) is 6.42 Å². The summed E-state index contributed by atoms with van der Waals surface area (Å²) in [5.74, 6) is 0.158. The van der Waals surface area contributed by atoms with Gasteiger partial charge in [-0.05, 0) is 18.3 Å². The molecule has 90 valence electrons. The fourth-order valence-electron chi connectivity index (χ4n) is 1.47. The molecule has 0 aromatic heterocycles. The molecule has 0 saturated carbocycles. The summed E-state index contributed by atoms with van der Waals surface area (Å²) in [7, 11) is 0. The number of alkyl halides is 1. The predicted molar refractivity (Wildman–Crippen MR) is 69.3 cm³/mol. The van der Waals surface area contributed by atoms with Crippen LogP contribution in [0.15, 0.2) is 0 Å². The average molecular weight is 278 g/mol. The second-order valence-electron chi connectivity index (χ2n) is 5.41. The normalized spacial score (nSPS) is 12.7. The molecule has 0 saturated heterocycles. The van der Waals surface area contributed by atoms with E-state index in [4.69, 9.17) is 0 Å². The molecule has 0 unspecified atom stereocenters. The third kappa shape index (κ3) is 5.55. The van der Waals surface area contributed by atoms with Crippen molar-refractivity contribution in [1.82, 2.24) is 5.32 Å². The highest BCUT2D eigenvalue weighted by Crippen LogP contribution is 2.22. The van der Waals surface area contributed by atoms with Crippen LogP contribution >= 0.6 is 15.9 Å². The maximum absolute atomic E-state index is 11.8. The third-order valence-corrected chi connectivity index (χ3v) is 3.78.